The third kappa shape index (κ3) is 4.56. The van der Waals surface area contributed by atoms with Gasteiger partial charge in [-0.05, 0) is 47.0 Å². The number of amides is 1. The van der Waals surface area contributed by atoms with Crippen LogP contribution in [0.2, 0.25) is 0 Å². The highest BCUT2D eigenvalue weighted by molar-refractivity contribution is 9.10. The molecule has 1 aliphatic carbocycles. The molecule has 0 aliphatic heterocycles. The van der Waals surface area contributed by atoms with Crippen LogP contribution in [-0.4, -0.2) is 17.0 Å². The van der Waals surface area contributed by atoms with Gasteiger partial charge < -0.3 is 10.4 Å². The standard InChI is InChI=1S/C16H20BrNO3/c17-13-10-12(16(20)21)8-9-14(13)18-15(19)11-6-4-2-1-3-5-7-11/h8-11H,1-7H2,(H,18,19)(H,20,21). The fourth-order valence-electron chi connectivity index (χ4n) is 2.70. The lowest BCUT2D eigenvalue weighted by molar-refractivity contribution is -0.120. The van der Waals surface area contributed by atoms with Gasteiger partial charge in [0.2, 0.25) is 5.91 Å². The molecule has 0 spiro atoms. The fourth-order valence-corrected chi connectivity index (χ4v) is 3.18. The Hall–Kier alpha value is -1.36. The number of nitrogens with one attached hydrogen (secondary N) is 1. The second kappa shape index (κ2) is 7.59. The molecule has 21 heavy (non-hydrogen) atoms. The van der Waals surface area contributed by atoms with Crippen LogP contribution in [0, 0.1) is 5.92 Å². The van der Waals surface area contributed by atoms with Gasteiger partial charge in [-0.25, -0.2) is 4.79 Å². The fraction of sp³-hybridized carbons (Fsp3) is 0.500. The maximum atomic E-state index is 12.4. The Morgan fingerprint density at radius 3 is 2.29 bits per heavy atom. The van der Waals surface area contributed by atoms with Crippen molar-refractivity contribution in [1.82, 2.24) is 0 Å². The summed E-state index contributed by atoms with van der Waals surface area (Å²) < 4.78 is 0.599. The zero-order chi connectivity index (χ0) is 15.2. The minimum atomic E-state index is -0.978. The van der Waals surface area contributed by atoms with E-state index in [0.717, 1.165) is 25.7 Å². The molecule has 1 aliphatic rings. The normalized spacial score (nSPS) is 16.8. The number of hydrogen-bond acceptors (Lipinski definition) is 2. The van der Waals surface area contributed by atoms with E-state index in [9.17, 15) is 9.59 Å². The van der Waals surface area contributed by atoms with E-state index in [1.165, 1.54) is 31.4 Å². The molecule has 0 atom stereocenters. The number of carbonyl (C=O) groups excluding carboxylic acids is 1. The molecule has 0 saturated heterocycles. The minimum Gasteiger partial charge on any atom is -0.478 e. The highest BCUT2D eigenvalue weighted by Crippen LogP contribution is 2.27. The predicted octanol–water partition coefficient (Wildman–Crippen LogP) is 4.45. The molecule has 2 N–H and O–H groups in total. The summed E-state index contributed by atoms with van der Waals surface area (Å²) in [6.07, 6.45) is 7.79. The molecule has 0 radical (unpaired) electrons. The van der Waals surface area contributed by atoms with Crippen LogP contribution in [0.15, 0.2) is 22.7 Å². The highest BCUT2D eigenvalue weighted by Gasteiger charge is 2.20. The van der Waals surface area contributed by atoms with Crippen LogP contribution in [-0.2, 0) is 4.79 Å². The van der Waals surface area contributed by atoms with Gasteiger partial charge in [0, 0.05) is 10.4 Å². The average Bonchev–Trinajstić information content (AvgIpc) is 2.40. The van der Waals surface area contributed by atoms with E-state index in [1.807, 2.05) is 0 Å². The first kappa shape index (κ1) is 16.0. The third-order valence-electron chi connectivity index (χ3n) is 3.95. The number of carbonyl (C=O) groups is 2. The highest BCUT2D eigenvalue weighted by atomic mass is 79.9. The Bertz CT molecular complexity index is 522. The smallest absolute Gasteiger partial charge is 0.335 e. The van der Waals surface area contributed by atoms with Crippen LogP contribution in [0.25, 0.3) is 0 Å². The van der Waals surface area contributed by atoms with Crippen molar-refractivity contribution in [2.45, 2.75) is 44.9 Å². The number of halogens is 1. The molecule has 1 aromatic carbocycles. The zero-order valence-corrected chi connectivity index (χ0v) is 13.5. The van der Waals surface area contributed by atoms with Crippen LogP contribution in [0.5, 0.6) is 0 Å². The molecule has 0 aromatic heterocycles. The Morgan fingerprint density at radius 1 is 1.10 bits per heavy atom. The average molecular weight is 354 g/mol. The maximum Gasteiger partial charge on any atom is 0.335 e. The Morgan fingerprint density at radius 2 is 1.71 bits per heavy atom. The van der Waals surface area contributed by atoms with E-state index in [1.54, 1.807) is 6.07 Å². The lowest BCUT2D eigenvalue weighted by Gasteiger charge is -2.19. The SMILES string of the molecule is O=C(O)c1ccc(NC(=O)C2CCCCCCC2)c(Br)c1. The molecule has 114 valence electrons. The molecule has 4 nitrogen and oxygen atoms in total. The number of anilines is 1. The van der Waals surface area contributed by atoms with Crippen molar-refractivity contribution in [1.29, 1.82) is 0 Å². The van der Waals surface area contributed by atoms with Crippen molar-refractivity contribution in [3.8, 4) is 0 Å². The van der Waals surface area contributed by atoms with Crippen LogP contribution >= 0.6 is 15.9 Å². The monoisotopic (exact) mass is 353 g/mol. The van der Waals surface area contributed by atoms with Crippen molar-refractivity contribution in [3.63, 3.8) is 0 Å². The van der Waals surface area contributed by atoms with Crippen LogP contribution in [0.1, 0.15) is 55.3 Å². The molecular formula is C16H20BrNO3. The molecular weight excluding hydrogens is 334 g/mol. The predicted molar refractivity (Wildman–Crippen MR) is 85.5 cm³/mol. The number of aromatic carboxylic acids is 1. The maximum absolute atomic E-state index is 12.4. The Labute approximate surface area is 133 Å². The van der Waals surface area contributed by atoms with Gasteiger partial charge in [0.25, 0.3) is 0 Å². The number of carboxylic acids is 1. The molecule has 0 unspecified atom stereocenters. The number of rotatable bonds is 3. The molecule has 1 fully saturated rings. The molecule has 0 bridgehead atoms. The number of carboxylic acid groups (broad SMARTS) is 1. The number of hydrogen-bond donors (Lipinski definition) is 2. The van der Waals surface area contributed by atoms with Crippen molar-refractivity contribution in [2.24, 2.45) is 5.92 Å². The zero-order valence-electron chi connectivity index (χ0n) is 11.9. The van der Waals surface area contributed by atoms with Gasteiger partial charge in [0.15, 0.2) is 0 Å². The summed E-state index contributed by atoms with van der Waals surface area (Å²) >= 11 is 3.32. The second-order valence-corrected chi connectivity index (χ2v) is 6.39. The molecule has 2 rings (SSSR count). The first-order chi connectivity index (χ1) is 10.1. The van der Waals surface area contributed by atoms with Gasteiger partial charge in [-0.1, -0.05) is 32.1 Å². The van der Waals surface area contributed by atoms with Crippen molar-refractivity contribution < 1.29 is 14.7 Å². The van der Waals surface area contributed by atoms with Gasteiger partial charge in [0.1, 0.15) is 0 Å². The van der Waals surface area contributed by atoms with Crippen LogP contribution in [0.4, 0.5) is 5.69 Å². The minimum absolute atomic E-state index is 0.0423. The Kier molecular flexibility index (Phi) is 5.79. The summed E-state index contributed by atoms with van der Waals surface area (Å²) in [4.78, 5) is 23.3. The molecule has 0 heterocycles. The van der Waals surface area contributed by atoms with Gasteiger partial charge in [-0.15, -0.1) is 0 Å². The van der Waals surface area contributed by atoms with Crippen molar-refractivity contribution >= 4 is 33.5 Å². The topological polar surface area (TPSA) is 66.4 Å². The first-order valence-electron chi connectivity index (χ1n) is 7.41. The van der Waals surface area contributed by atoms with E-state index >= 15 is 0 Å². The van der Waals surface area contributed by atoms with E-state index in [4.69, 9.17) is 5.11 Å². The first-order valence-corrected chi connectivity index (χ1v) is 8.21. The van der Waals surface area contributed by atoms with Crippen LogP contribution in [0.3, 0.4) is 0 Å². The summed E-state index contributed by atoms with van der Waals surface area (Å²) in [5.41, 5.74) is 0.831. The van der Waals surface area contributed by atoms with Gasteiger partial charge >= 0.3 is 5.97 Å². The molecule has 1 aromatic rings. The lowest BCUT2D eigenvalue weighted by atomic mass is 9.90. The molecule has 1 amide bonds. The summed E-state index contributed by atoms with van der Waals surface area (Å²) in [6, 6.07) is 4.64. The molecule has 5 heteroatoms. The van der Waals surface area contributed by atoms with E-state index in [2.05, 4.69) is 21.2 Å². The van der Waals surface area contributed by atoms with E-state index in [-0.39, 0.29) is 17.4 Å². The van der Waals surface area contributed by atoms with Crippen molar-refractivity contribution in [2.75, 3.05) is 5.32 Å². The summed E-state index contributed by atoms with van der Waals surface area (Å²) in [7, 11) is 0. The largest absolute Gasteiger partial charge is 0.478 e. The Balaban J connectivity index is 2.02. The van der Waals surface area contributed by atoms with Crippen molar-refractivity contribution in [3.05, 3.63) is 28.2 Å². The summed E-state index contributed by atoms with van der Waals surface area (Å²) in [5.74, 6) is -0.870. The molecule has 1 saturated carbocycles. The summed E-state index contributed by atoms with van der Waals surface area (Å²) in [5, 5.41) is 11.9. The quantitative estimate of drug-likeness (QED) is 0.843. The van der Waals surface area contributed by atoms with E-state index < -0.39 is 5.97 Å². The third-order valence-corrected chi connectivity index (χ3v) is 4.61. The lowest BCUT2D eigenvalue weighted by Crippen LogP contribution is -2.23. The van der Waals surface area contributed by atoms with Gasteiger partial charge in [0.05, 0.1) is 11.3 Å². The second-order valence-electron chi connectivity index (χ2n) is 5.53. The summed E-state index contributed by atoms with van der Waals surface area (Å²) in [6.45, 7) is 0. The van der Waals surface area contributed by atoms with Gasteiger partial charge in [-0.3, -0.25) is 4.79 Å². The number of benzene rings is 1. The van der Waals surface area contributed by atoms with Gasteiger partial charge in [-0.2, -0.15) is 0 Å². The van der Waals surface area contributed by atoms with E-state index in [0.29, 0.717) is 10.2 Å². The van der Waals surface area contributed by atoms with Crippen LogP contribution < -0.4 is 5.32 Å².